The third-order valence-electron chi connectivity index (χ3n) is 3.77. The summed E-state index contributed by atoms with van der Waals surface area (Å²) in [5.74, 6) is 2.29. The number of aromatic amines is 1. The SMILES string of the molecule is COc1cccc2c1Oc1nc(-c3ccc(F)cc3)[nH]c1C2I. The van der Waals surface area contributed by atoms with E-state index in [1.54, 1.807) is 19.2 Å². The number of imidazole rings is 1. The number of ether oxygens (including phenoxy) is 2. The molecule has 4 nitrogen and oxygen atoms in total. The average Bonchev–Trinajstić information content (AvgIpc) is 2.99. The van der Waals surface area contributed by atoms with Crippen molar-refractivity contribution in [1.82, 2.24) is 9.97 Å². The van der Waals surface area contributed by atoms with Gasteiger partial charge in [0.15, 0.2) is 11.5 Å². The number of nitrogens with zero attached hydrogens (tertiary/aromatic N) is 1. The number of fused-ring (bicyclic) bond motifs is 2. The zero-order valence-corrected chi connectivity index (χ0v) is 14.3. The second kappa shape index (κ2) is 5.52. The molecule has 2 heterocycles. The fraction of sp³-hybridized carbons (Fsp3) is 0.118. The molecule has 1 aliphatic rings. The van der Waals surface area contributed by atoms with E-state index in [0.29, 0.717) is 23.2 Å². The van der Waals surface area contributed by atoms with Gasteiger partial charge in [-0.2, -0.15) is 4.98 Å². The van der Waals surface area contributed by atoms with E-state index < -0.39 is 0 Å². The third kappa shape index (κ3) is 2.37. The molecule has 0 radical (unpaired) electrons. The van der Waals surface area contributed by atoms with Crippen LogP contribution in [0.4, 0.5) is 4.39 Å². The number of nitrogens with one attached hydrogen (secondary N) is 1. The number of rotatable bonds is 2. The molecule has 2 aromatic carbocycles. The Balaban J connectivity index is 1.80. The molecule has 4 rings (SSSR count). The number of H-pyrrole nitrogens is 1. The lowest BCUT2D eigenvalue weighted by Gasteiger charge is -2.22. The summed E-state index contributed by atoms with van der Waals surface area (Å²) < 4.78 is 24.5. The topological polar surface area (TPSA) is 47.1 Å². The number of aromatic nitrogens is 2. The molecule has 1 atom stereocenters. The van der Waals surface area contributed by atoms with E-state index >= 15 is 0 Å². The largest absolute Gasteiger partial charge is 0.493 e. The van der Waals surface area contributed by atoms with Crippen molar-refractivity contribution in [3.63, 3.8) is 0 Å². The van der Waals surface area contributed by atoms with Crippen molar-refractivity contribution in [3.05, 3.63) is 59.5 Å². The van der Waals surface area contributed by atoms with E-state index in [1.165, 1.54) is 12.1 Å². The van der Waals surface area contributed by atoms with E-state index in [1.807, 2.05) is 18.2 Å². The molecule has 0 aliphatic carbocycles. The fourth-order valence-corrected chi connectivity index (χ4v) is 3.53. The van der Waals surface area contributed by atoms with Crippen LogP contribution in [0.1, 0.15) is 15.2 Å². The third-order valence-corrected chi connectivity index (χ3v) is 5.06. The molecule has 0 fully saturated rings. The number of para-hydroxylation sites is 1. The summed E-state index contributed by atoms with van der Waals surface area (Å²) in [6.45, 7) is 0. The molecule has 6 heteroatoms. The van der Waals surface area contributed by atoms with Crippen LogP contribution in [-0.4, -0.2) is 17.1 Å². The van der Waals surface area contributed by atoms with E-state index in [2.05, 4.69) is 32.6 Å². The second-order valence-corrected chi connectivity index (χ2v) is 6.40. The Morgan fingerprint density at radius 1 is 1.22 bits per heavy atom. The predicted molar refractivity (Wildman–Crippen MR) is 92.9 cm³/mol. The molecule has 0 amide bonds. The number of hydrogen-bond donors (Lipinski definition) is 1. The zero-order chi connectivity index (χ0) is 16.0. The highest BCUT2D eigenvalue weighted by Crippen LogP contribution is 2.50. The first-order chi connectivity index (χ1) is 11.2. The Hall–Kier alpha value is -2.09. The van der Waals surface area contributed by atoms with Gasteiger partial charge in [0.25, 0.3) is 0 Å². The van der Waals surface area contributed by atoms with E-state index in [4.69, 9.17) is 9.47 Å². The van der Waals surface area contributed by atoms with Gasteiger partial charge in [0.05, 0.1) is 16.7 Å². The van der Waals surface area contributed by atoms with Crippen LogP contribution in [0, 0.1) is 5.82 Å². The van der Waals surface area contributed by atoms with Crippen LogP contribution in [0.2, 0.25) is 0 Å². The van der Waals surface area contributed by atoms with Crippen molar-refractivity contribution in [2.24, 2.45) is 0 Å². The molecule has 1 aromatic heterocycles. The number of methoxy groups -OCH3 is 1. The highest BCUT2D eigenvalue weighted by atomic mass is 127. The summed E-state index contributed by atoms with van der Waals surface area (Å²) in [7, 11) is 1.62. The first-order valence-corrected chi connectivity index (χ1v) is 8.26. The van der Waals surface area contributed by atoms with E-state index in [9.17, 15) is 4.39 Å². The Bertz CT molecular complexity index is 877. The summed E-state index contributed by atoms with van der Waals surface area (Å²) in [6, 6.07) is 12.0. The van der Waals surface area contributed by atoms with Gasteiger partial charge in [-0.25, -0.2) is 4.39 Å². The molecular weight excluding hydrogens is 410 g/mol. The highest BCUT2D eigenvalue weighted by molar-refractivity contribution is 14.1. The van der Waals surface area contributed by atoms with Gasteiger partial charge in [0.1, 0.15) is 11.6 Å². The zero-order valence-electron chi connectivity index (χ0n) is 12.1. The molecule has 23 heavy (non-hydrogen) atoms. The minimum absolute atomic E-state index is 0.0724. The van der Waals surface area contributed by atoms with Crippen molar-refractivity contribution >= 4 is 22.6 Å². The molecule has 1 unspecified atom stereocenters. The smallest absolute Gasteiger partial charge is 0.242 e. The minimum atomic E-state index is -0.273. The van der Waals surface area contributed by atoms with Crippen LogP contribution in [0.3, 0.4) is 0 Å². The monoisotopic (exact) mass is 422 g/mol. The van der Waals surface area contributed by atoms with Gasteiger partial charge in [0, 0.05) is 11.1 Å². The number of halogens is 2. The second-order valence-electron chi connectivity index (χ2n) is 5.15. The first kappa shape index (κ1) is 14.5. The highest BCUT2D eigenvalue weighted by Gasteiger charge is 2.31. The van der Waals surface area contributed by atoms with Crippen LogP contribution >= 0.6 is 22.6 Å². The molecule has 0 spiro atoms. The van der Waals surface area contributed by atoms with Crippen molar-refractivity contribution in [2.45, 2.75) is 3.92 Å². The van der Waals surface area contributed by atoms with E-state index in [0.717, 1.165) is 16.8 Å². The summed E-state index contributed by atoms with van der Waals surface area (Å²) in [4.78, 5) is 7.81. The lowest BCUT2D eigenvalue weighted by Crippen LogP contribution is -2.06. The molecule has 0 saturated carbocycles. The van der Waals surface area contributed by atoms with Gasteiger partial charge < -0.3 is 14.5 Å². The van der Waals surface area contributed by atoms with Crippen LogP contribution in [-0.2, 0) is 0 Å². The maximum Gasteiger partial charge on any atom is 0.242 e. The maximum absolute atomic E-state index is 13.1. The average molecular weight is 422 g/mol. The predicted octanol–water partition coefficient (Wildman–Crippen LogP) is 4.85. The lowest BCUT2D eigenvalue weighted by molar-refractivity contribution is 0.366. The van der Waals surface area contributed by atoms with Crippen molar-refractivity contribution in [2.75, 3.05) is 7.11 Å². The number of alkyl halides is 1. The number of benzene rings is 2. The van der Waals surface area contributed by atoms with Crippen LogP contribution < -0.4 is 9.47 Å². The normalized spacial score (nSPS) is 15.5. The van der Waals surface area contributed by atoms with Crippen LogP contribution in [0.15, 0.2) is 42.5 Å². The van der Waals surface area contributed by atoms with Gasteiger partial charge in [0.2, 0.25) is 5.88 Å². The van der Waals surface area contributed by atoms with E-state index in [-0.39, 0.29) is 9.74 Å². The summed E-state index contributed by atoms with van der Waals surface area (Å²) in [6.07, 6.45) is 0. The van der Waals surface area contributed by atoms with Gasteiger partial charge in [-0.15, -0.1) is 0 Å². The van der Waals surface area contributed by atoms with Crippen molar-refractivity contribution < 1.29 is 13.9 Å². The standard InChI is InChI=1S/C17H12FIN2O2/c1-22-12-4-2-3-11-13(19)14-17(23-15(11)12)21-16(20-14)9-5-7-10(18)8-6-9/h2-8,13H,1H3,(H,20,21). The van der Waals surface area contributed by atoms with Gasteiger partial charge in [-0.3, -0.25) is 0 Å². The fourth-order valence-electron chi connectivity index (χ4n) is 2.62. The Morgan fingerprint density at radius 2 is 2.00 bits per heavy atom. The van der Waals surface area contributed by atoms with Gasteiger partial charge in [-0.05, 0) is 30.3 Å². The molecule has 1 aliphatic heterocycles. The molecule has 0 saturated heterocycles. The molecule has 1 N–H and O–H groups in total. The maximum atomic E-state index is 13.1. The molecule has 0 bridgehead atoms. The summed E-state index contributed by atoms with van der Waals surface area (Å²) in [5, 5.41) is 0. The van der Waals surface area contributed by atoms with Gasteiger partial charge >= 0.3 is 0 Å². The Kier molecular flexibility index (Phi) is 3.48. The van der Waals surface area contributed by atoms with Crippen LogP contribution in [0.25, 0.3) is 11.4 Å². The van der Waals surface area contributed by atoms with Crippen molar-refractivity contribution in [3.8, 4) is 28.8 Å². The molecule has 3 aromatic rings. The summed E-state index contributed by atoms with van der Waals surface area (Å²) >= 11 is 2.34. The Labute approximate surface area is 145 Å². The lowest BCUT2D eigenvalue weighted by atomic mass is 10.1. The number of hydrogen-bond acceptors (Lipinski definition) is 3. The quantitative estimate of drug-likeness (QED) is 0.474. The van der Waals surface area contributed by atoms with Crippen LogP contribution in [0.5, 0.6) is 17.4 Å². The van der Waals surface area contributed by atoms with Crippen molar-refractivity contribution in [1.29, 1.82) is 0 Å². The summed E-state index contributed by atoms with van der Waals surface area (Å²) in [5.41, 5.74) is 2.74. The molecular formula is C17H12FIN2O2. The molecule has 116 valence electrons. The Morgan fingerprint density at radius 3 is 2.74 bits per heavy atom. The van der Waals surface area contributed by atoms with Gasteiger partial charge in [-0.1, -0.05) is 34.7 Å². The minimum Gasteiger partial charge on any atom is -0.493 e. The first-order valence-electron chi connectivity index (χ1n) is 7.02.